The summed E-state index contributed by atoms with van der Waals surface area (Å²) in [6.07, 6.45) is 4.01. The number of aromatic nitrogens is 2. The van der Waals surface area contributed by atoms with Crippen LogP contribution in [-0.2, 0) is 6.42 Å². The molecule has 6 N–H and O–H groups in total. The quantitative estimate of drug-likeness (QED) is 0.525. The lowest BCUT2D eigenvalue weighted by atomic mass is 10.1. The second-order valence-electron chi connectivity index (χ2n) is 5.97. The molecule has 2 aromatic heterocycles. The third-order valence-electron chi connectivity index (χ3n) is 4.31. The van der Waals surface area contributed by atoms with Crippen molar-refractivity contribution in [3.05, 3.63) is 59.9 Å². The number of pyridine rings is 1. The van der Waals surface area contributed by atoms with Crippen LogP contribution in [0.5, 0.6) is 5.75 Å². The van der Waals surface area contributed by atoms with Gasteiger partial charge in [-0.15, -0.1) is 0 Å². The van der Waals surface area contributed by atoms with Gasteiger partial charge in [0, 0.05) is 29.8 Å². The third-order valence-corrected chi connectivity index (χ3v) is 4.31. The number of aromatic amines is 1. The van der Waals surface area contributed by atoms with E-state index in [2.05, 4.69) is 20.5 Å². The molecule has 0 fully saturated rings. The summed E-state index contributed by atoms with van der Waals surface area (Å²) in [6, 6.07) is 11.5. The molecule has 8 heteroatoms. The molecule has 0 bridgehead atoms. The van der Waals surface area contributed by atoms with Crippen LogP contribution < -0.4 is 21.7 Å². The van der Waals surface area contributed by atoms with Crippen LogP contribution in [0.15, 0.2) is 53.9 Å². The maximum atomic E-state index is 6.48. The van der Waals surface area contributed by atoms with E-state index in [0.717, 1.165) is 27.9 Å². The summed E-state index contributed by atoms with van der Waals surface area (Å²) in [4.78, 5) is 7.40. The first-order valence-electron chi connectivity index (χ1n) is 7.85. The molecule has 1 unspecified atom stereocenters. The molecule has 1 aromatic carbocycles. The number of benzene rings is 1. The first kappa shape index (κ1) is 15.4. The number of H-pyrrole nitrogens is 1. The normalized spacial score (nSPS) is 19.8. The monoisotopic (exact) mass is 337 g/mol. The van der Waals surface area contributed by atoms with Gasteiger partial charge in [-0.25, -0.2) is 10.8 Å². The maximum Gasteiger partial charge on any atom is 0.198 e. The molecule has 0 amide bonds. The largest absolute Gasteiger partial charge is 0.497 e. The van der Waals surface area contributed by atoms with E-state index in [-0.39, 0.29) is 0 Å². The predicted octanol–water partition coefficient (Wildman–Crippen LogP) is 0.867. The molecule has 4 rings (SSSR count). The number of nitrogens with two attached hydrogens (primary N) is 2. The fourth-order valence-electron chi connectivity index (χ4n) is 3.00. The van der Waals surface area contributed by atoms with Gasteiger partial charge in [0.1, 0.15) is 11.4 Å². The van der Waals surface area contributed by atoms with Gasteiger partial charge in [0.15, 0.2) is 11.6 Å². The number of nitrogens with zero attached hydrogens (tertiary/aromatic N) is 3. The van der Waals surface area contributed by atoms with Gasteiger partial charge in [0.2, 0.25) is 0 Å². The van der Waals surface area contributed by atoms with Crippen molar-refractivity contribution in [2.24, 2.45) is 16.7 Å². The van der Waals surface area contributed by atoms with Crippen molar-refractivity contribution in [2.75, 3.05) is 7.11 Å². The van der Waals surface area contributed by atoms with Crippen LogP contribution in [-0.4, -0.2) is 33.7 Å². The summed E-state index contributed by atoms with van der Waals surface area (Å²) in [5.74, 6) is 6.60. The van der Waals surface area contributed by atoms with Gasteiger partial charge in [0.25, 0.3) is 0 Å². The second kappa shape index (κ2) is 5.76. The number of hydrazine groups is 1. The van der Waals surface area contributed by atoms with E-state index < -0.39 is 5.79 Å². The Balaban J connectivity index is 1.62. The van der Waals surface area contributed by atoms with Gasteiger partial charge in [-0.2, -0.15) is 5.10 Å². The fraction of sp³-hybridized carbons (Fsp3) is 0.176. The van der Waals surface area contributed by atoms with Crippen molar-refractivity contribution < 1.29 is 4.74 Å². The summed E-state index contributed by atoms with van der Waals surface area (Å²) in [5.41, 5.74) is 12.0. The van der Waals surface area contributed by atoms with Crippen molar-refractivity contribution in [3.63, 3.8) is 0 Å². The molecule has 3 heterocycles. The number of hydrogen-bond acceptors (Lipinski definition) is 7. The molecule has 1 atom stereocenters. The van der Waals surface area contributed by atoms with E-state index in [1.54, 1.807) is 13.3 Å². The topological polar surface area (TPSA) is 118 Å². The highest BCUT2D eigenvalue weighted by Crippen LogP contribution is 2.24. The fourth-order valence-corrected chi connectivity index (χ4v) is 3.00. The van der Waals surface area contributed by atoms with Crippen LogP contribution in [0.3, 0.4) is 0 Å². The first-order valence-corrected chi connectivity index (χ1v) is 7.85. The molecule has 0 aliphatic carbocycles. The number of fused-ring (bicyclic) bond motifs is 1. The summed E-state index contributed by atoms with van der Waals surface area (Å²) >= 11 is 0. The zero-order chi connectivity index (χ0) is 17.4. The Morgan fingerprint density at radius 3 is 3.00 bits per heavy atom. The van der Waals surface area contributed by atoms with Gasteiger partial charge in [-0.1, -0.05) is 12.1 Å². The van der Waals surface area contributed by atoms with Gasteiger partial charge in [-0.05, 0) is 29.8 Å². The van der Waals surface area contributed by atoms with Crippen molar-refractivity contribution in [1.82, 2.24) is 20.4 Å². The van der Waals surface area contributed by atoms with E-state index in [9.17, 15) is 0 Å². The number of hydrazone groups is 1. The van der Waals surface area contributed by atoms with E-state index in [1.165, 1.54) is 5.01 Å². The van der Waals surface area contributed by atoms with Crippen LogP contribution >= 0.6 is 0 Å². The van der Waals surface area contributed by atoms with E-state index in [4.69, 9.17) is 16.3 Å². The molecule has 1 aliphatic rings. The number of amidine groups is 1. The smallest absolute Gasteiger partial charge is 0.198 e. The summed E-state index contributed by atoms with van der Waals surface area (Å²) in [6.45, 7) is 0. The van der Waals surface area contributed by atoms with Crippen LogP contribution in [0.2, 0.25) is 0 Å². The number of ether oxygens (including phenoxy) is 1. The van der Waals surface area contributed by atoms with Crippen molar-refractivity contribution >= 4 is 16.9 Å². The average molecular weight is 337 g/mol. The Hall–Kier alpha value is -3.10. The first-order chi connectivity index (χ1) is 12.1. The molecule has 1 aliphatic heterocycles. The molecule has 3 aromatic rings. The van der Waals surface area contributed by atoms with Gasteiger partial charge >= 0.3 is 0 Å². The second-order valence-corrected chi connectivity index (χ2v) is 5.97. The van der Waals surface area contributed by atoms with Gasteiger partial charge in [0.05, 0.1) is 7.11 Å². The molecule has 0 spiro atoms. The predicted molar refractivity (Wildman–Crippen MR) is 95.4 cm³/mol. The molecule has 25 heavy (non-hydrogen) atoms. The highest BCUT2D eigenvalue weighted by atomic mass is 16.5. The van der Waals surface area contributed by atoms with Gasteiger partial charge in [-0.3, -0.25) is 16.2 Å². The minimum Gasteiger partial charge on any atom is -0.497 e. The molecular weight excluding hydrogens is 318 g/mol. The standard InChI is InChI=1S/C17H19N7O/c1-25-12-5-2-4-11(8-12)9-17(18)23-22-16(24(17)19)14-10-21-15-13(14)6-3-7-20-15/h2-8,10,23H,9,18-19H2,1H3,(H,20,21). The van der Waals surface area contributed by atoms with E-state index >= 15 is 0 Å². The average Bonchev–Trinajstić information content (AvgIpc) is 3.17. The summed E-state index contributed by atoms with van der Waals surface area (Å²) in [7, 11) is 1.63. The number of rotatable bonds is 4. The zero-order valence-corrected chi connectivity index (χ0v) is 13.7. The number of nitrogens with one attached hydrogen (secondary N) is 2. The zero-order valence-electron chi connectivity index (χ0n) is 13.7. The van der Waals surface area contributed by atoms with Crippen molar-refractivity contribution in [1.29, 1.82) is 0 Å². The number of methoxy groups -OCH3 is 1. The lowest BCUT2D eigenvalue weighted by Gasteiger charge is -2.32. The summed E-state index contributed by atoms with van der Waals surface area (Å²) in [5, 5.41) is 6.76. The lowest BCUT2D eigenvalue weighted by molar-refractivity contribution is 0.163. The van der Waals surface area contributed by atoms with E-state index in [1.807, 2.05) is 42.6 Å². The van der Waals surface area contributed by atoms with Crippen molar-refractivity contribution in [3.8, 4) is 5.75 Å². The number of hydrogen-bond donors (Lipinski definition) is 4. The Bertz CT molecular complexity index is 951. The Kier molecular flexibility index (Phi) is 3.56. The molecule has 0 saturated heterocycles. The molecule has 128 valence electrons. The van der Waals surface area contributed by atoms with Crippen LogP contribution in [0.1, 0.15) is 11.1 Å². The Morgan fingerprint density at radius 2 is 2.16 bits per heavy atom. The minimum atomic E-state index is -1.03. The Morgan fingerprint density at radius 1 is 1.28 bits per heavy atom. The lowest BCUT2D eigenvalue weighted by Crippen LogP contribution is -2.65. The maximum absolute atomic E-state index is 6.48. The summed E-state index contributed by atoms with van der Waals surface area (Å²) < 4.78 is 5.26. The highest BCUT2D eigenvalue weighted by Gasteiger charge is 2.39. The van der Waals surface area contributed by atoms with Gasteiger partial charge < -0.3 is 9.72 Å². The minimum absolute atomic E-state index is 0.453. The van der Waals surface area contributed by atoms with Crippen LogP contribution in [0, 0.1) is 0 Å². The molecule has 0 radical (unpaired) electrons. The third kappa shape index (κ3) is 2.57. The highest BCUT2D eigenvalue weighted by molar-refractivity contribution is 6.09. The van der Waals surface area contributed by atoms with Crippen LogP contribution in [0.4, 0.5) is 0 Å². The molecule has 0 saturated carbocycles. The Labute approximate surface area is 144 Å². The van der Waals surface area contributed by atoms with Crippen molar-refractivity contribution in [2.45, 2.75) is 12.2 Å². The van der Waals surface area contributed by atoms with E-state index in [0.29, 0.717) is 12.3 Å². The SMILES string of the molecule is COc1cccc(CC2(N)NN=C(c3c[nH]c4ncccc34)N2N)c1. The molecular formula is C17H19N7O. The molecule has 8 nitrogen and oxygen atoms in total. The van der Waals surface area contributed by atoms with Crippen LogP contribution in [0.25, 0.3) is 11.0 Å².